The first-order chi connectivity index (χ1) is 13.8. The number of thiophene rings is 2. The molecule has 0 amide bonds. The lowest BCUT2D eigenvalue weighted by atomic mass is 10.2. The van der Waals surface area contributed by atoms with Crippen molar-refractivity contribution in [2.75, 3.05) is 32.0 Å². The smallest absolute Gasteiger partial charge is 0.203 e. The lowest BCUT2D eigenvalue weighted by molar-refractivity contribution is 0.0330. The predicted molar refractivity (Wildman–Crippen MR) is 115 cm³/mol. The molecule has 0 aliphatic carbocycles. The van der Waals surface area contributed by atoms with E-state index in [1.165, 1.54) is 33.5 Å². The molecule has 1 aliphatic rings. The highest BCUT2D eigenvalue weighted by Gasteiger charge is 2.20. The third-order valence-electron chi connectivity index (χ3n) is 4.31. The van der Waals surface area contributed by atoms with Gasteiger partial charge in [-0.05, 0) is 23.2 Å². The Morgan fingerprint density at radius 3 is 2.82 bits per heavy atom. The van der Waals surface area contributed by atoms with E-state index in [1.807, 2.05) is 0 Å². The average Bonchev–Trinajstić information content (AvgIpc) is 3.43. The number of ether oxygens (including phenoxy) is 1. The van der Waals surface area contributed by atoms with Crippen LogP contribution < -0.4 is 5.73 Å². The molecule has 1 saturated heterocycles. The van der Waals surface area contributed by atoms with Crippen LogP contribution in [0.5, 0.6) is 0 Å². The molecule has 2 N–H and O–H groups in total. The van der Waals surface area contributed by atoms with Crippen LogP contribution in [0.15, 0.2) is 32.3 Å². The molecule has 5 rings (SSSR count). The first-order valence-electron chi connectivity index (χ1n) is 8.65. The second kappa shape index (κ2) is 8.01. The molecule has 0 bridgehead atoms. The van der Waals surface area contributed by atoms with Crippen molar-refractivity contribution in [2.45, 2.75) is 15.9 Å². The monoisotopic (exact) mass is 448 g/mol. The van der Waals surface area contributed by atoms with Gasteiger partial charge in [0.2, 0.25) is 5.13 Å². The molecule has 0 aromatic carbocycles. The number of rotatable bonds is 5. The molecule has 1 aliphatic heterocycles. The van der Waals surface area contributed by atoms with Gasteiger partial charge in [0.15, 0.2) is 4.34 Å². The fourth-order valence-corrected chi connectivity index (χ4v) is 6.57. The van der Waals surface area contributed by atoms with Crippen LogP contribution in [-0.4, -0.2) is 51.4 Å². The molecular formula is C17H16N6OS4. The lowest BCUT2D eigenvalue weighted by Crippen LogP contribution is -2.36. The maximum atomic E-state index is 5.77. The Labute approximate surface area is 177 Å². The molecular weight excluding hydrogens is 432 g/mol. The number of anilines is 1. The van der Waals surface area contributed by atoms with Gasteiger partial charge in [0.1, 0.15) is 15.7 Å². The summed E-state index contributed by atoms with van der Waals surface area (Å²) < 4.78 is 6.24. The van der Waals surface area contributed by atoms with Gasteiger partial charge in [-0.25, -0.2) is 9.97 Å². The number of nitrogens with zero attached hydrogens (tertiary/aromatic N) is 5. The summed E-state index contributed by atoms with van der Waals surface area (Å²) in [5.41, 5.74) is 6.94. The largest absolute Gasteiger partial charge is 0.379 e. The first kappa shape index (κ1) is 18.4. The molecule has 7 nitrogen and oxygen atoms in total. The van der Waals surface area contributed by atoms with E-state index in [9.17, 15) is 0 Å². The Morgan fingerprint density at radius 2 is 2.07 bits per heavy atom. The molecule has 0 saturated carbocycles. The number of nitrogens with two attached hydrogens (primary N) is 1. The van der Waals surface area contributed by atoms with E-state index >= 15 is 0 Å². The molecule has 4 aromatic rings. The number of morpholine rings is 1. The van der Waals surface area contributed by atoms with Crippen molar-refractivity contribution >= 4 is 61.1 Å². The van der Waals surface area contributed by atoms with Gasteiger partial charge in [-0.15, -0.1) is 32.9 Å². The standard InChI is InChI=1S/C17H16N6OS4/c18-16-21-22-17(28-16)27-15-13-10(11-2-1-7-25-11)9-26-14(13)19-12(20-15)8-23-3-5-24-6-4-23/h1-2,7,9H,3-6,8H2,(H2,18,21). The first-order valence-corrected chi connectivity index (χ1v) is 12.0. The molecule has 1 fully saturated rings. The highest BCUT2D eigenvalue weighted by Crippen LogP contribution is 2.42. The normalized spacial score (nSPS) is 15.4. The molecule has 11 heteroatoms. The van der Waals surface area contributed by atoms with Crippen molar-refractivity contribution < 1.29 is 4.74 Å². The summed E-state index contributed by atoms with van der Waals surface area (Å²) in [6, 6.07) is 4.20. The Balaban J connectivity index is 1.57. The summed E-state index contributed by atoms with van der Waals surface area (Å²) in [5.74, 6) is 0.828. The minimum absolute atomic E-state index is 0.463. The highest BCUT2D eigenvalue weighted by atomic mass is 32.2. The van der Waals surface area contributed by atoms with Gasteiger partial charge in [-0.2, -0.15) is 0 Å². The van der Waals surface area contributed by atoms with Gasteiger partial charge >= 0.3 is 0 Å². The second-order valence-corrected chi connectivity index (χ2v) is 10.2. The van der Waals surface area contributed by atoms with E-state index in [-0.39, 0.29) is 0 Å². The summed E-state index contributed by atoms with van der Waals surface area (Å²) in [4.78, 5) is 14.3. The summed E-state index contributed by atoms with van der Waals surface area (Å²) >= 11 is 6.27. The second-order valence-electron chi connectivity index (χ2n) is 6.15. The average molecular weight is 449 g/mol. The van der Waals surface area contributed by atoms with E-state index in [2.05, 4.69) is 38.0 Å². The van der Waals surface area contributed by atoms with Crippen molar-refractivity contribution in [3.63, 3.8) is 0 Å². The number of fused-ring (bicyclic) bond motifs is 1. The summed E-state index contributed by atoms with van der Waals surface area (Å²) in [6.45, 7) is 4.05. The molecule has 0 spiro atoms. The van der Waals surface area contributed by atoms with Crippen LogP contribution in [0.3, 0.4) is 0 Å². The maximum absolute atomic E-state index is 5.77. The number of aromatic nitrogens is 4. The van der Waals surface area contributed by atoms with Gasteiger partial charge in [-0.3, -0.25) is 4.90 Å². The van der Waals surface area contributed by atoms with E-state index in [1.54, 1.807) is 22.7 Å². The fourth-order valence-electron chi connectivity index (χ4n) is 3.01. The minimum Gasteiger partial charge on any atom is -0.379 e. The summed E-state index contributed by atoms with van der Waals surface area (Å²) in [7, 11) is 0. The van der Waals surface area contributed by atoms with Crippen molar-refractivity contribution in [3.05, 3.63) is 28.7 Å². The topological polar surface area (TPSA) is 90.0 Å². The van der Waals surface area contributed by atoms with Crippen LogP contribution in [0.4, 0.5) is 5.13 Å². The summed E-state index contributed by atoms with van der Waals surface area (Å²) in [6.07, 6.45) is 0. The van der Waals surface area contributed by atoms with Crippen LogP contribution in [0.1, 0.15) is 5.82 Å². The molecule has 4 aromatic heterocycles. The summed E-state index contributed by atoms with van der Waals surface area (Å²) in [5, 5.41) is 14.8. The van der Waals surface area contributed by atoms with Gasteiger partial charge in [0.05, 0.1) is 25.1 Å². The number of hydrogen-bond donors (Lipinski definition) is 1. The minimum atomic E-state index is 0.463. The van der Waals surface area contributed by atoms with Crippen molar-refractivity contribution in [1.29, 1.82) is 0 Å². The quantitative estimate of drug-likeness (QED) is 0.461. The molecule has 0 unspecified atom stereocenters. The van der Waals surface area contributed by atoms with Crippen molar-refractivity contribution in [2.24, 2.45) is 0 Å². The Morgan fingerprint density at radius 1 is 1.18 bits per heavy atom. The Kier molecular flexibility index (Phi) is 5.26. The predicted octanol–water partition coefficient (Wildman–Crippen LogP) is 3.84. The maximum Gasteiger partial charge on any atom is 0.203 e. The van der Waals surface area contributed by atoms with E-state index < -0.39 is 0 Å². The fraction of sp³-hybridized carbons (Fsp3) is 0.294. The van der Waals surface area contributed by atoms with Crippen molar-refractivity contribution in [1.82, 2.24) is 25.1 Å². The van der Waals surface area contributed by atoms with Crippen LogP contribution in [0, 0.1) is 0 Å². The zero-order valence-corrected chi connectivity index (χ0v) is 18.0. The highest BCUT2D eigenvalue weighted by molar-refractivity contribution is 8.01. The van der Waals surface area contributed by atoms with Gasteiger partial charge < -0.3 is 10.5 Å². The van der Waals surface area contributed by atoms with Crippen molar-refractivity contribution in [3.8, 4) is 10.4 Å². The van der Waals surface area contributed by atoms with Crippen LogP contribution in [0.25, 0.3) is 20.7 Å². The number of hydrogen-bond acceptors (Lipinski definition) is 11. The molecule has 0 radical (unpaired) electrons. The van der Waals surface area contributed by atoms with Crippen LogP contribution >= 0.6 is 45.8 Å². The lowest BCUT2D eigenvalue weighted by Gasteiger charge is -2.25. The molecule has 5 heterocycles. The van der Waals surface area contributed by atoms with E-state index in [4.69, 9.17) is 20.4 Å². The zero-order chi connectivity index (χ0) is 18.9. The third-order valence-corrected chi connectivity index (χ3v) is 7.88. The molecule has 144 valence electrons. The third kappa shape index (κ3) is 3.78. The number of nitrogen functional groups attached to an aromatic ring is 1. The van der Waals surface area contributed by atoms with Crippen LogP contribution in [0.2, 0.25) is 0 Å². The van der Waals surface area contributed by atoms with Crippen LogP contribution in [-0.2, 0) is 11.3 Å². The SMILES string of the molecule is Nc1nnc(Sc2nc(CN3CCOCC3)nc3scc(-c4cccs4)c23)s1. The Hall–Kier alpha value is -1.63. The van der Waals surface area contributed by atoms with Gasteiger partial charge in [0.25, 0.3) is 0 Å². The van der Waals surface area contributed by atoms with E-state index in [0.717, 1.165) is 58.3 Å². The van der Waals surface area contributed by atoms with Gasteiger partial charge in [0, 0.05) is 28.9 Å². The molecule has 28 heavy (non-hydrogen) atoms. The Bertz CT molecular complexity index is 1090. The van der Waals surface area contributed by atoms with Gasteiger partial charge in [-0.1, -0.05) is 17.4 Å². The molecule has 0 atom stereocenters. The zero-order valence-electron chi connectivity index (χ0n) is 14.7. The van der Waals surface area contributed by atoms with E-state index in [0.29, 0.717) is 5.13 Å².